The molecular weight excluding hydrogens is 445 g/mol. The van der Waals surface area contributed by atoms with Crippen LogP contribution in [-0.4, -0.2) is 37.8 Å². The predicted octanol–water partition coefficient (Wildman–Crippen LogP) is 4.52. The Hall–Kier alpha value is -2.22. The van der Waals surface area contributed by atoms with E-state index in [1.807, 2.05) is 25.1 Å². The largest absolute Gasteiger partial charge is 0.492 e. The third kappa shape index (κ3) is 5.47. The lowest BCUT2D eigenvalue weighted by Crippen LogP contribution is -2.42. The molecule has 0 saturated carbocycles. The second-order valence-electron chi connectivity index (χ2n) is 6.77. The topological polar surface area (TPSA) is 71.5 Å². The number of anilines is 2. The maximum absolute atomic E-state index is 13.1. The van der Waals surface area contributed by atoms with Gasteiger partial charge in [-0.15, -0.1) is 12.4 Å². The summed E-state index contributed by atoms with van der Waals surface area (Å²) < 4.78 is 31.8. The van der Waals surface area contributed by atoms with E-state index in [1.54, 1.807) is 42.8 Å². The highest BCUT2D eigenvalue weighted by atomic mass is 35.5. The molecule has 0 bridgehead atoms. The van der Waals surface area contributed by atoms with Crippen molar-refractivity contribution in [1.29, 1.82) is 0 Å². The minimum atomic E-state index is -3.82. The van der Waals surface area contributed by atoms with Gasteiger partial charge in [0.25, 0.3) is 10.0 Å². The van der Waals surface area contributed by atoms with Gasteiger partial charge in [-0.1, -0.05) is 29.8 Å². The fourth-order valence-electron chi connectivity index (χ4n) is 2.96. The third-order valence-corrected chi connectivity index (χ3v) is 7.51. The lowest BCUT2D eigenvalue weighted by Gasteiger charge is -2.31. The average Bonchev–Trinajstić information content (AvgIpc) is 2.71. The monoisotopic (exact) mass is 469 g/mol. The summed E-state index contributed by atoms with van der Waals surface area (Å²) in [4.78, 5) is 3.97. The van der Waals surface area contributed by atoms with Crippen LogP contribution >= 0.6 is 24.0 Å². The molecule has 1 aromatic heterocycles. The number of nitrogens with zero attached hydrogens (tertiary/aromatic N) is 2. The van der Waals surface area contributed by atoms with Crippen molar-refractivity contribution in [3.8, 4) is 5.75 Å². The van der Waals surface area contributed by atoms with E-state index in [-0.39, 0.29) is 18.8 Å². The Morgan fingerprint density at radius 1 is 1.23 bits per heavy atom. The number of allylic oxidation sites excluding steroid dienone is 3. The van der Waals surface area contributed by atoms with Crippen LogP contribution in [0, 0.1) is 6.92 Å². The van der Waals surface area contributed by atoms with Gasteiger partial charge in [0.05, 0.1) is 5.69 Å². The lowest BCUT2D eigenvalue weighted by atomic mass is 10.2. The van der Waals surface area contributed by atoms with E-state index in [2.05, 4.69) is 10.3 Å². The number of nitrogens with one attached hydrogen (secondary N) is 1. The summed E-state index contributed by atoms with van der Waals surface area (Å²) in [6, 6.07) is 9.13. The van der Waals surface area contributed by atoms with Crippen LogP contribution in [0.4, 0.5) is 11.4 Å². The minimum Gasteiger partial charge on any atom is -0.492 e. The highest BCUT2D eigenvalue weighted by Crippen LogP contribution is 2.36. The molecule has 1 aliphatic rings. The van der Waals surface area contributed by atoms with E-state index < -0.39 is 14.2 Å². The second-order valence-corrected chi connectivity index (χ2v) is 9.89. The summed E-state index contributed by atoms with van der Waals surface area (Å²) in [5, 5.41) is 3.24. The van der Waals surface area contributed by atoms with Crippen LogP contribution in [0.2, 0.25) is 0 Å². The molecule has 2 aromatic rings. The maximum Gasteiger partial charge on any atom is 0.258 e. The number of benzene rings is 1. The number of pyridine rings is 1. The number of ether oxygens (including phenoxy) is 1. The van der Waals surface area contributed by atoms with Gasteiger partial charge >= 0.3 is 0 Å². The van der Waals surface area contributed by atoms with Crippen LogP contribution in [0.5, 0.6) is 5.75 Å². The van der Waals surface area contributed by atoms with Crippen LogP contribution in [-0.2, 0) is 10.0 Å². The van der Waals surface area contributed by atoms with Crippen molar-refractivity contribution >= 4 is 45.4 Å². The Balaban J connectivity index is 0.00000320. The summed E-state index contributed by atoms with van der Waals surface area (Å²) in [5.41, 5.74) is 2.36. The van der Waals surface area contributed by atoms with Crippen molar-refractivity contribution in [2.75, 3.05) is 29.8 Å². The summed E-state index contributed by atoms with van der Waals surface area (Å²) >= 11 is 6.44. The van der Waals surface area contributed by atoms with E-state index >= 15 is 0 Å². The first-order valence-electron chi connectivity index (χ1n) is 9.22. The summed E-state index contributed by atoms with van der Waals surface area (Å²) in [6.07, 6.45) is 10.3. The fraction of sp³-hybridized carbons (Fsp3) is 0.286. The molecule has 1 aromatic carbocycles. The van der Waals surface area contributed by atoms with Gasteiger partial charge in [-0.3, -0.25) is 9.29 Å². The van der Waals surface area contributed by atoms with Crippen LogP contribution in [0.1, 0.15) is 12.0 Å². The molecule has 6 nitrogen and oxygen atoms in total. The van der Waals surface area contributed by atoms with Gasteiger partial charge in [0.15, 0.2) is 4.21 Å². The molecule has 1 heterocycles. The van der Waals surface area contributed by atoms with Gasteiger partial charge in [-0.25, -0.2) is 8.42 Å². The number of aromatic nitrogens is 1. The lowest BCUT2D eigenvalue weighted by molar-refractivity contribution is 0.333. The normalized spacial score (nSPS) is 17.8. The minimum absolute atomic E-state index is 0. The molecule has 1 N–H and O–H groups in total. The zero-order valence-electron chi connectivity index (χ0n) is 16.8. The van der Waals surface area contributed by atoms with Gasteiger partial charge in [0, 0.05) is 44.2 Å². The Labute approximate surface area is 189 Å². The van der Waals surface area contributed by atoms with Gasteiger partial charge < -0.3 is 10.1 Å². The van der Waals surface area contributed by atoms with Crippen LogP contribution < -0.4 is 14.4 Å². The van der Waals surface area contributed by atoms with Crippen molar-refractivity contribution in [2.24, 2.45) is 0 Å². The molecule has 162 valence electrons. The molecule has 1 atom stereocenters. The quantitative estimate of drug-likeness (QED) is 0.454. The number of aryl methyl sites for hydroxylation is 1. The molecule has 3 rings (SSSR count). The zero-order chi connectivity index (χ0) is 20.9. The number of rotatable bonds is 8. The standard InChI is InChI=1S/C21H24ClN3O3S.ClH/c1-17-14-19(25(2)29(26,27)21(22)8-4-3-5-9-21)16-20(15-17)28-13-12-24-18-6-10-23-11-7-18;/h3-8,10-11,14-16H,9,12-13H2,1-2H3,(H,23,24);1H. The molecule has 0 radical (unpaired) electrons. The molecule has 1 aliphatic carbocycles. The van der Waals surface area contributed by atoms with Crippen molar-refractivity contribution in [3.63, 3.8) is 0 Å². The van der Waals surface area contributed by atoms with Crippen LogP contribution in [0.3, 0.4) is 0 Å². The Morgan fingerprint density at radius 3 is 2.63 bits per heavy atom. The van der Waals surface area contributed by atoms with Gasteiger partial charge in [0.1, 0.15) is 12.4 Å². The first kappa shape index (κ1) is 24.1. The van der Waals surface area contributed by atoms with Crippen molar-refractivity contribution in [2.45, 2.75) is 17.6 Å². The smallest absolute Gasteiger partial charge is 0.258 e. The highest BCUT2D eigenvalue weighted by Gasteiger charge is 2.42. The molecular formula is C21H25Cl2N3O3S. The average molecular weight is 470 g/mol. The molecule has 1 unspecified atom stereocenters. The van der Waals surface area contributed by atoms with E-state index in [9.17, 15) is 8.42 Å². The number of alkyl halides is 1. The van der Waals surface area contributed by atoms with Gasteiger partial charge in [-0.2, -0.15) is 0 Å². The van der Waals surface area contributed by atoms with E-state index in [1.165, 1.54) is 17.4 Å². The summed E-state index contributed by atoms with van der Waals surface area (Å²) in [7, 11) is -2.31. The van der Waals surface area contributed by atoms with Gasteiger partial charge in [0.2, 0.25) is 0 Å². The number of halogens is 2. The third-order valence-electron chi connectivity index (χ3n) is 4.56. The molecule has 0 amide bonds. The van der Waals surface area contributed by atoms with E-state index in [4.69, 9.17) is 16.3 Å². The second kappa shape index (κ2) is 10.2. The fourth-order valence-corrected chi connectivity index (χ4v) is 4.83. The van der Waals surface area contributed by atoms with E-state index in [0.29, 0.717) is 24.6 Å². The number of sulfonamides is 1. The Morgan fingerprint density at radius 2 is 1.97 bits per heavy atom. The first-order valence-corrected chi connectivity index (χ1v) is 11.0. The SMILES string of the molecule is Cc1cc(OCCNc2ccncc2)cc(N(C)S(=O)(=O)C2(Cl)C=CC=CC2)c1.Cl. The predicted molar refractivity (Wildman–Crippen MR) is 125 cm³/mol. The molecule has 30 heavy (non-hydrogen) atoms. The van der Waals surface area contributed by atoms with Crippen molar-refractivity contribution in [3.05, 3.63) is 72.6 Å². The first-order chi connectivity index (χ1) is 13.8. The van der Waals surface area contributed by atoms with E-state index in [0.717, 1.165) is 11.3 Å². The molecule has 9 heteroatoms. The molecule has 0 fully saturated rings. The van der Waals surface area contributed by atoms with Crippen LogP contribution in [0.15, 0.2) is 67.0 Å². The highest BCUT2D eigenvalue weighted by molar-refractivity contribution is 7.95. The molecule has 0 spiro atoms. The summed E-state index contributed by atoms with van der Waals surface area (Å²) in [6.45, 7) is 2.92. The molecule has 0 aliphatic heterocycles. The summed E-state index contributed by atoms with van der Waals surface area (Å²) in [5.74, 6) is 0.598. The number of hydrogen-bond donors (Lipinski definition) is 1. The zero-order valence-corrected chi connectivity index (χ0v) is 19.2. The molecule has 0 saturated heterocycles. The maximum atomic E-state index is 13.1. The number of hydrogen-bond acceptors (Lipinski definition) is 5. The Kier molecular flexibility index (Phi) is 8.18. The van der Waals surface area contributed by atoms with Crippen molar-refractivity contribution in [1.82, 2.24) is 4.98 Å². The van der Waals surface area contributed by atoms with Crippen molar-refractivity contribution < 1.29 is 13.2 Å². The van der Waals surface area contributed by atoms with Crippen LogP contribution in [0.25, 0.3) is 0 Å². The Bertz CT molecular complexity index is 1010. The van der Waals surface area contributed by atoms with Gasteiger partial charge in [-0.05, 0) is 42.8 Å².